The van der Waals surface area contributed by atoms with Crippen molar-refractivity contribution in [2.45, 2.75) is 19.7 Å². The van der Waals surface area contributed by atoms with Gasteiger partial charge in [0, 0.05) is 29.2 Å². The molecule has 5 heteroatoms. The fourth-order valence-corrected chi connectivity index (χ4v) is 2.07. The van der Waals surface area contributed by atoms with Crippen molar-refractivity contribution in [2.75, 3.05) is 0 Å². The normalized spacial score (nSPS) is 10.8. The van der Waals surface area contributed by atoms with Crippen LogP contribution in [0.3, 0.4) is 0 Å². The van der Waals surface area contributed by atoms with Gasteiger partial charge in [0.1, 0.15) is 11.6 Å². The fraction of sp³-hybridized carbons (Fsp3) is 0.200. The molecule has 0 saturated heterocycles. The van der Waals surface area contributed by atoms with E-state index in [1.54, 1.807) is 18.2 Å². The number of hydrogen-bond acceptors (Lipinski definition) is 2. The van der Waals surface area contributed by atoms with E-state index in [9.17, 15) is 8.78 Å². The Morgan fingerprint density at radius 2 is 1.65 bits per heavy atom. The molecule has 0 aliphatic heterocycles. The maximum Gasteiger partial charge on any atom is 0.128 e. The van der Waals surface area contributed by atoms with Crippen LogP contribution in [0.15, 0.2) is 36.4 Å². The first-order chi connectivity index (χ1) is 9.60. The lowest BCUT2D eigenvalue weighted by molar-refractivity contribution is 0.275. The Morgan fingerprint density at radius 1 is 0.950 bits per heavy atom. The first-order valence-electron chi connectivity index (χ1n) is 6.13. The summed E-state index contributed by atoms with van der Waals surface area (Å²) in [5.74, 6) is -0.755. The van der Waals surface area contributed by atoms with Crippen molar-refractivity contribution in [3.8, 4) is 0 Å². The number of benzene rings is 2. The quantitative estimate of drug-likeness (QED) is 0.886. The van der Waals surface area contributed by atoms with Crippen LogP contribution in [0.1, 0.15) is 16.7 Å². The summed E-state index contributed by atoms with van der Waals surface area (Å²) in [5.41, 5.74) is 1.54. The Labute approximate surface area is 121 Å². The molecule has 106 valence electrons. The van der Waals surface area contributed by atoms with Gasteiger partial charge in [-0.25, -0.2) is 8.78 Å². The van der Waals surface area contributed by atoms with E-state index < -0.39 is 5.82 Å². The van der Waals surface area contributed by atoms with Gasteiger partial charge in [-0.05, 0) is 35.9 Å². The minimum absolute atomic E-state index is 0.248. The van der Waals surface area contributed by atoms with Crippen LogP contribution in [-0.4, -0.2) is 5.11 Å². The van der Waals surface area contributed by atoms with Gasteiger partial charge in [-0.15, -0.1) is 0 Å². The van der Waals surface area contributed by atoms with Crippen LogP contribution in [0.25, 0.3) is 0 Å². The van der Waals surface area contributed by atoms with Gasteiger partial charge in [0.2, 0.25) is 0 Å². The zero-order chi connectivity index (χ0) is 14.5. The van der Waals surface area contributed by atoms with Crippen LogP contribution in [0.2, 0.25) is 5.02 Å². The van der Waals surface area contributed by atoms with E-state index in [0.29, 0.717) is 23.7 Å². The van der Waals surface area contributed by atoms with E-state index in [2.05, 4.69) is 5.32 Å². The molecule has 0 bridgehead atoms. The van der Waals surface area contributed by atoms with E-state index in [4.69, 9.17) is 16.7 Å². The van der Waals surface area contributed by atoms with Gasteiger partial charge in [0.15, 0.2) is 0 Å². The third kappa shape index (κ3) is 3.76. The predicted octanol–water partition coefficient (Wildman–Crippen LogP) is 3.40. The van der Waals surface area contributed by atoms with Crippen LogP contribution >= 0.6 is 11.6 Å². The molecule has 0 spiro atoms. The molecule has 0 aromatic heterocycles. The zero-order valence-electron chi connectivity index (χ0n) is 10.7. The molecule has 0 amide bonds. The van der Waals surface area contributed by atoms with E-state index >= 15 is 0 Å². The number of nitrogens with one attached hydrogen (secondary N) is 1. The van der Waals surface area contributed by atoms with Crippen molar-refractivity contribution >= 4 is 11.6 Å². The molecule has 20 heavy (non-hydrogen) atoms. The van der Waals surface area contributed by atoms with Crippen molar-refractivity contribution in [3.05, 3.63) is 69.7 Å². The second kappa shape index (κ2) is 6.79. The number of halogens is 3. The molecule has 0 saturated carbocycles. The monoisotopic (exact) mass is 297 g/mol. The SMILES string of the molecule is OCc1cc(CNCc2cc(Cl)ccc2F)ccc1F. The average Bonchev–Trinajstić information content (AvgIpc) is 2.44. The summed E-state index contributed by atoms with van der Waals surface area (Å²) >= 11 is 5.81. The molecule has 0 fully saturated rings. The maximum atomic E-state index is 13.5. The first-order valence-corrected chi connectivity index (χ1v) is 6.50. The van der Waals surface area contributed by atoms with Gasteiger partial charge in [0.25, 0.3) is 0 Å². The van der Waals surface area contributed by atoms with Crippen LogP contribution in [0.5, 0.6) is 0 Å². The van der Waals surface area contributed by atoms with Crippen LogP contribution < -0.4 is 5.32 Å². The first kappa shape index (κ1) is 14.9. The Bertz CT molecular complexity index is 604. The molecule has 0 unspecified atom stereocenters. The molecule has 2 aromatic rings. The third-order valence-corrected chi connectivity index (χ3v) is 3.17. The van der Waals surface area contributed by atoms with Crippen molar-refractivity contribution in [2.24, 2.45) is 0 Å². The highest BCUT2D eigenvalue weighted by molar-refractivity contribution is 6.30. The molecule has 2 aromatic carbocycles. The molecule has 0 aliphatic carbocycles. The standard InChI is InChI=1S/C15H14ClF2NO/c16-13-2-4-14(17)11(6-13)8-19-7-10-1-3-15(18)12(5-10)9-20/h1-6,19-20H,7-9H2. The summed E-state index contributed by atoms with van der Waals surface area (Å²) in [7, 11) is 0. The van der Waals surface area contributed by atoms with Gasteiger partial charge in [-0.1, -0.05) is 17.7 Å². The summed E-state index contributed by atoms with van der Waals surface area (Å²) in [6, 6.07) is 8.89. The number of aliphatic hydroxyl groups is 1. The molecule has 0 aliphatic rings. The van der Waals surface area contributed by atoms with Crippen molar-refractivity contribution in [3.63, 3.8) is 0 Å². The summed E-state index contributed by atoms with van der Waals surface area (Å²) < 4.78 is 26.7. The van der Waals surface area contributed by atoms with Crippen LogP contribution in [0, 0.1) is 11.6 Å². The van der Waals surface area contributed by atoms with Crippen molar-refractivity contribution in [1.82, 2.24) is 5.32 Å². The fourth-order valence-electron chi connectivity index (χ4n) is 1.88. The molecule has 0 atom stereocenters. The molecule has 0 radical (unpaired) electrons. The van der Waals surface area contributed by atoms with Crippen LogP contribution in [0.4, 0.5) is 8.78 Å². The Morgan fingerprint density at radius 3 is 2.40 bits per heavy atom. The van der Waals surface area contributed by atoms with Gasteiger partial charge in [-0.3, -0.25) is 0 Å². The van der Waals surface area contributed by atoms with E-state index in [1.807, 2.05) is 0 Å². The number of hydrogen-bond donors (Lipinski definition) is 2. The van der Waals surface area contributed by atoms with Crippen molar-refractivity contribution in [1.29, 1.82) is 0 Å². The molecular formula is C15H14ClF2NO. The Balaban J connectivity index is 1.97. The Hall–Kier alpha value is -1.49. The van der Waals surface area contributed by atoms with Gasteiger partial charge >= 0.3 is 0 Å². The zero-order valence-corrected chi connectivity index (χ0v) is 11.4. The summed E-state index contributed by atoms with van der Waals surface area (Å²) in [6.45, 7) is 0.417. The Kier molecular flexibility index (Phi) is 5.06. The smallest absolute Gasteiger partial charge is 0.128 e. The molecule has 2 nitrogen and oxygen atoms in total. The average molecular weight is 298 g/mol. The topological polar surface area (TPSA) is 32.3 Å². The molecule has 2 rings (SSSR count). The number of rotatable bonds is 5. The lowest BCUT2D eigenvalue weighted by Gasteiger charge is -2.08. The van der Waals surface area contributed by atoms with Gasteiger partial charge < -0.3 is 10.4 Å². The van der Waals surface area contributed by atoms with Gasteiger partial charge in [0.05, 0.1) is 6.61 Å². The molecule has 0 heterocycles. The largest absolute Gasteiger partial charge is 0.392 e. The van der Waals surface area contributed by atoms with Gasteiger partial charge in [-0.2, -0.15) is 0 Å². The minimum atomic E-state index is -0.433. The molecular weight excluding hydrogens is 284 g/mol. The highest BCUT2D eigenvalue weighted by atomic mass is 35.5. The summed E-state index contributed by atoms with van der Waals surface area (Å²) in [5, 5.41) is 12.5. The lowest BCUT2D eigenvalue weighted by atomic mass is 10.1. The van der Waals surface area contributed by atoms with E-state index in [-0.39, 0.29) is 18.0 Å². The van der Waals surface area contributed by atoms with Crippen molar-refractivity contribution < 1.29 is 13.9 Å². The summed E-state index contributed by atoms with van der Waals surface area (Å²) in [6.07, 6.45) is 0. The predicted molar refractivity (Wildman–Crippen MR) is 74.3 cm³/mol. The van der Waals surface area contributed by atoms with Crippen LogP contribution in [-0.2, 0) is 19.7 Å². The maximum absolute atomic E-state index is 13.5. The third-order valence-electron chi connectivity index (χ3n) is 2.93. The highest BCUT2D eigenvalue weighted by Crippen LogP contribution is 2.15. The second-order valence-corrected chi connectivity index (χ2v) is 4.86. The second-order valence-electron chi connectivity index (χ2n) is 4.42. The van der Waals surface area contributed by atoms with E-state index in [1.165, 1.54) is 18.2 Å². The lowest BCUT2D eigenvalue weighted by Crippen LogP contribution is -2.14. The molecule has 2 N–H and O–H groups in total. The number of aliphatic hydroxyl groups excluding tert-OH is 1. The van der Waals surface area contributed by atoms with E-state index in [0.717, 1.165) is 5.56 Å². The summed E-state index contributed by atoms with van der Waals surface area (Å²) in [4.78, 5) is 0. The highest BCUT2D eigenvalue weighted by Gasteiger charge is 2.04. The minimum Gasteiger partial charge on any atom is -0.392 e.